The Hall–Kier alpha value is -1.19. The zero-order valence-corrected chi connectivity index (χ0v) is 13.1. The molecule has 2 fully saturated rings. The van der Waals surface area contributed by atoms with Gasteiger partial charge in [0.2, 0.25) is 5.78 Å². The average molecular weight is 287 g/mol. The summed E-state index contributed by atoms with van der Waals surface area (Å²) in [7, 11) is 0. The molecule has 21 heavy (non-hydrogen) atoms. The van der Waals surface area contributed by atoms with E-state index >= 15 is 0 Å². The van der Waals surface area contributed by atoms with Crippen LogP contribution in [0.4, 0.5) is 0 Å². The third-order valence-electron chi connectivity index (χ3n) is 5.09. The van der Waals surface area contributed by atoms with Crippen molar-refractivity contribution in [2.45, 2.75) is 57.9 Å². The van der Waals surface area contributed by atoms with Crippen LogP contribution in [0.2, 0.25) is 0 Å². The molecule has 1 aliphatic carbocycles. The number of carbonyl (C=O) groups excluding carboxylic acids is 1. The number of nitrogens with one attached hydrogen (secondary N) is 1. The normalized spacial score (nSPS) is 35.0. The monoisotopic (exact) mass is 287 g/mol. The molecule has 0 amide bonds. The zero-order chi connectivity index (χ0) is 15.0. The van der Waals surface area contributed by atoms with E-state index in [1.54, 1.807) is 0 Å². The molecule has 1 aliphatic heterocycles. The number of Topliss-reactive ketones (excluding diaryl/α,β-unsaturated/α-hetero) is 1. The van der Waals surface area contributed by atoms with Crippen molar-refractivity contribution in [3.63, 3.8) is 0 Å². The molecule has 0 unspecified atom stereocenters. The van der Waals surface area contributed by atoms with Crippen LogP contribution in [0.25, 0.3) is 0 Å². The molecule has 0 bridgehead atoms. The number of rotatable bonds is 2. The Bertz CT molecular complexity index is 511. The quantitative estimate of drug-likeness (QED) is 0.847. The molecule has 0 spiro atoms. The minimum absolute atomic E-state index is 0.0420. The van der Waals surface area contributed by atoms with E-state index < -0.39 is 6.23 Å². The maximum atomic E-state index is 12.7. The van der Waals surface area contributed by atoms with E-state index in [0.717, 1.165) is 6.42 Å². The van der Waals surface area contributed by atoms with Crippen LogP contribution in [0.3, 0.4) is 0 Å². The second kappa shape index (κ2) is 5.54. The van der Waals surface area contributed by atoms with E-state index in [9.17, 15) is 4.79 Å². The third kappa shape index (κ3) is 2.90. The first-order chi connectivity index (χ1) is 9.97. The minimum Gasteiger partial charge on any atom is -0.352 e. The van der Waals surface area contributed by atoms with Crippen molar-refractivity contribution in [1.82, 2.24) is 5.32 Å². The van der Waals surface area contributed by atoms with Gasteiger partial charge in [0.05, 0.1) is 6.10 Å². The number of carbonyl (C=O) groups is 1. The van der Waals surface area contributed by atoms with Crippen molar-refractivity contribution in [1.29, 1.82) is 0 Å². The van der Waals surface area contributed by atoms with Crippen LogP contribution < -0.4 is 5.32 Å². The van der Waals surface area contributed by atoms with Gasteiger partial charge >= 0.3 is 0 Å². The molecule has 2 aliphatic rings. The standard InChI is InChI=1S/C18H25NO2/c1-12-9-10-14-15(11-12)21-17(19-18(14,2)3)16(20)13-7-5-4-6-8-13/h4-8,12,14-15,17,19H,9-11H2,1-3H3/t12-,14-,15-,17+/m1/s1. The van der Waals surface area contributed by atoms with Gasteiger partial charge in [-0.3, -0.25) is 10.1 Å². The molecule has 4 atom stereocenters. The highest BCUT2D eigenvalue weighted by Crippen LogP contribution is 2.40. The first-order valence-electron chi connectivity index (χ1n) is 8.00. The molecule has 1 saturated heterocycles. The lowest BCUT2D eigenvalue weighted by Gasteiger charge is -2.51. The van der Waals surface area contributed by atoms with Crippen LogP contribution in [0.5, 0.6) is 0 Å². The van der Waals surface area contributed by atoms with Crippen LogP contribution in [-0.2, 0) is 4.74 Å². The van der Waals surface area contributed by atoms with Gasteiger partial charge in [0.25, 0.3) is 0 Å². The van der Waals surface area contributed by atoms with Crippen LogP contribution in [0.1, 0.15) is 50.4 Å². The highest BCUT2D eigenvalue weighted by molar-refractivity contribution is 5.99. The van der Waals surface area contributed by atoms with Crippen molar-refractivity contribution in [3.8, 4) is 0 Å². The summed E-state index contributed by atoms with van der Waals surface area (Å²) >= 11 is 0. The highest BCUT2D eigenvalue weighted by Gasteiger charge is 2.47. The molecule has 1 aromatic rings. The summed E-state index contributed by atoms with van der Waals surface area (Å²) in [4.78, 5) is 12.7. The summed E-state index contributed by atoms with van der Waals surface area (Å²) in [5.74, 6) is 1.22. The second-order valence-corrected chi connectivity index (χ2v) is 7.18. The van der Waals surface area contributed by atoms with Crippen LogP contribution in [0, 0.1) is 11.8 Å². The fourth-order valence-electron chi connectivity index (χ4n) is 3.84. The topological polar surface area (TPSA) is 38.3 Å². The number of hydrogen-bond acceptors (Lipinski definition) is 3. The Labute approximate surface area is 127 Å². The maximum absolute atomic E-state index is 12.7. The Kier molecular flexibility index (Phi) is 3.89. The van der Waals surface area contributed by atoms with Gasteiger partial charge in [-0.25, -0.2) is 0 Å². The van der Waals surface area contributed by atoms with E-state index in [-0.39, 0.29) is 17.4 Å². The predicted molar refractivity (Wildman–Crippen MR) is 83.2 cm³/mol. The molecule has 0 radical (unpaired) electrons. The number of fused-ring (bicyclic) bond motifs is 1. The number of benzene rings is 1. The fourth-order valence-corrected chi connectivity index (χ4v) is 3.84. The lowest BCUT2D eigenvalue weighted by atomic mass is 9.70. The molecule has 3 heteroatoms. The second-order valence-electron chi connectivity index (χ2n) is 7.18. The van der Waals surface area contributed by atoms with E-state index in [4.69, 9.17) is 4.74 Å². The Morgan fingerprint density at radius 1 is 1.24 bits per heavy atom. The molecule has 1 N–H and O–H groups in total. The van der Waals surface area contributed by atoms with Crippen molar-refractivity contribution in [2.24, 2.45) is 11.8 Å². The largest absolute Gasteiger partial charge is 0.352 e. The highest BCUT2D eigenvalue weighted by atomic mass is 16.5. The molecule has 1 saturated carbocycles. The van der Waals surface area contributed by atoms with Crippen LogP contribution >= 0.6 is 0 Å². The van der Waals surface area contributed by atoms with Crippen molar-refractivity contribution in [2.75, 3.05) is 0 Å². The summed E-state index contributed by atoms with van der Waals surface area (Å²) < 4.78 is 6.15. The van der Waals surface area contributed by atoms with Gasteiger partial charge in [-0.15, -0.1) is 0 Å². The van der Waals surface area contributed by atoms with Crippen molar-refractivity contribution >= 4 is 5.78 Å². The number of hydrogen-bond donors (Lipinski definition) is 1. The maximum Gasteiger partial charge on any atom is 0.206 e. The SMILES string of the molecule is C[C@@H]1CC[C@@H]2[C@@H](C1)O[C@@H](C(=O)c1ccccc1)NC2(C)C. The molecular weight excluding hydrogens is 262 g/mol. The Morgan fingerprint density at radius 2 is 1.95 bits per heavy atom. The van der Waals surface area contributed by atoms with Gasteiger partial charge in [-0.1, -0.05) is 43.7 Å². The molecule has 1 aromatic carbocycles. The molecule has 1 heterocycles. The first kappa shape index (κ1) is 14.7. The molecule has 0 aromatic heterocycles. The summed E-state index contributed by atoms with van der Waals surface area (Å²) in [5, 5.41) is 3.43. The third-order valence-corrected chi connectivity index (χ3v) is 5.09. The lowest BCUT2D eigenvalue weighted by molar-refractivity contribution is -0.137. The summed E-state index contributed by atoms with van der Waals surface area (Å²) in [5.41, 5.74) is 0.658. The van der Waals surface area contributed by atoms with E-state index in [1.165, 1.54) is 12.8 Å². The van der Waals surface area contributed by atoms with Gasteiger partial charge in [0.15, 0.2) is 6.23 Å². The smallest absolute Gasteiger partial charge is 0.206 e. The zero-order valence-electron chi connectivity index (χ0n) is 13.1. The number of ketones is 1. The summed E-state index contributed by atoms with van der Waals surface area (Å²) in [6, 6.07) is 9.43. The van der Waals surface area contributed by atoms with Crippen LogP contribution in [0.15, 0.2) is 30.3 Å². The van der Waals surface area contributed by atoms with Gasteiger partial charge in [0.1, 0.15) is 0 Å². The minimum atomic E-state index is -0.519. The summed E-state index contributed by atoms with van der Waals surface area (Å²) in [6.07, 6.45) is 3.18. The van der Waals surface area contributed by atoms with Crippen molar-refractivity contribution < 1.29 is 9.53 Å². The Morgan fingerprint density at radius 3 is 2.67 bits per heavy atom. The van der Waals surface area contributed by atoms with E-state index in [0.29, 0.717) is 17.4 Å². The van der Waals surface area contributed by atoms with Crippen LogP contribution in [-0.4, -0.2) is 23.7 Å². The predicted octanol–water partition coefficient (Wildman–Crippen LogP) is 3.40. The van der Waals surface area contributed by atoms with Gasteiger partial charge in [0, 0.05) is 17.0 Å². The van der Waals surface area contributed by atoms with E-state index in [1.807, 2.05) is 30.3 Å². The molecule has 3 nitrogen and oxygen atoms in total. The molecule has 114 valence electrons. The summed E-state index contributed by atoms with van der Waals surface area (Å²) in [6.45, 7) is 6.69. The van der Waals surface area contributed by atoms with Gasteiger partial charge < -0.3 is 4.74 Å². The number of ether oxygens (including phenoxy) is 1. The molecular formula is C18H25NO2. The van der Waals surface area contributed by atoms with Gasteiger partial charge in [-0.2, -0.15) is 0 Å². The van der Waals surface area contributed by atoms with Gasteiger partial charge in [-0.05, 0) is 32.6 Å². The molecule has 3 rings (SSSR count). The average Bonchev–Trinajstić information content (AvgIpc) is 2.46. The Balaban J connectivity index is 1.80. The van der Waals surface area contributed by atoms with E-state index in [2.05, 4.69) is 26.1 Å². The lowest BCUT2D eigenvalue weighted by Crippen LogP contribution is -2.64. The fraction of sp³-hybridized carbons (Fsp3) is 0.611. The first-order valence-corrected chi connectivity index (χ1v) is 8.00. The van der Waals surface area contributed by atoms with Crippen molar-refractivity contribution in [3.05, 3.63) is 35.9 Å².